The molecule has 4 aliphatic rings. The molecule has 4 aliphatic heterocycles. The molecule has 4 fully saturated rings. The number of likely N-dealkylation sites (N-methyl/N-ethyl adjacent to an activating group) is 2. The van der Waals surface area contributed by atoms with Gasteiger partial charge in [0.25, 0.3) is 0 Å². The van der Waals surface area contributed by atoms with Gasteiger partial charge in [0.1, 0.15) is 36.0 Å². The van der Waals surface area contributed by atoms with Crippen molar-refractivity contribution in [1.82, 2.24) is 24.9 Å². The van der Waals surface area contributed by atoms with Crippen LogP contribution in [-0.2, 0) is 46.3 Å². The number of rotatable bonds is 7. The van der Waals surface area contributed by atoms with E-state index in [1.165, 1.54) is 9.80 Å². The fourth-order valence-electron chi connectivity index (χ4n) is 9.64. The molecule has 14 nitrogen and oxygen atoms in total. The number of esters is 1. The summed E-state index contributed by atoms with van der Waals surface area (Å²) in [6.07, 6.45) is 1.82. The second-order valence-electron chi connectivity index (χ2n) is 20.1. The van der Waals surface area contributed by atoms with Crippen LogP contribution in [0.5, 0.6) is 5.75 Å². The minimum Gasteiger partial charge on any atom is -0.497 e. The van der Waals surface area contributed by atoms with Gasteiger partial charge in [-0.25, -0.2) is 4.79 Å². The van der Waals surface area contributed by atoms with Gasteiger partial charge < -0.3 is 39.5 Å². The molecular formula is C51H75N5O9. The molecule has 6 rings (SSSR count). The van der Waals surface area contributed by atoms with Crippen molar-refractivity contribution < 1.29 is 43.3 Å². The molecule has 0 unspecified atom stereocenters. The van der Waals surface area contributed by atoms with E-state index in [9.17, 15) is 29.1 Å². The first-order valence-electron chi connectivity index (χ1n) is 23.7. The maximum atomic E-state index is 15.2. The Bertz CT molecular complexity index is 1950. The Labute approximate surface area is 386 Å². The molecule has 5 amide bonds. The summed E-state index contributed by atoms with van der Waals surface area (Å²) in [7, 11) is 4.74. The first-order chi connectivity index (χ1) is 30.7. The fourth-order valence-corrected chi connectivity index (χ4v) is 9.64. The summed E-state index contributed by atoms with van der Waals surface area (Å²) in [5, 5.41) is 14.4. The van der Waals surface area contributed by atoms with Gasteiger partial charge in [0.2, 0.25) is 29.5 Å². The number of nitrogens with one attached hydrogen (secondary N) is 1. The van der Waals surface area contributed by atoms with Crippen molar-refractivity contribution in [2.24, 2.45) is 29.1 Å². The zero-order valence-electron chi connectivity index (χ0n) is 40.5. The first kappa shape index (κ1) is 51.0. The molecule has 0 radical (unpaired) electrons. The minimum absolute atomic E-state index is 0.118. The van der Waals surface area contributed by atoms with Gasteiger partial charge >= 0.3 is 5.97 Å². The predicted octanol–water partition coefficient (Wildman–Crippen LogP) is 5.28. The highest BCUT2D eigenvalue weighted by Crippen LogP contribution is 2.33. The van der Waals surface area contributed by atoms with Crippen LogP contribution in [0.25, 0.3) is 0 Å². The molecule has 0 aliphatic carbocycles. The van der Waals surface area contributed by atoms with Crippen LogP contribution in [0.1, 0.15) is 105 Å². The first-order valence-corrected chi connectivity index (χ1v) is 23.7. The molecule has 2 bridgehead atoms. The molecule has 65 heavy (non-hydrogen) atoms. The number of carbonyl (C=O) groups is 6. The number of aliphatic hydroxyl groups is 1. The van der Waals surface area contributed by atoms with Gasteiger partial charge in [-0.3, -0.25) is 24.0 Å². The van der Waals surface area contributed by atoms with Gasteiger partial charge in [-0.05, 0) is 79.0 Å². The Hall–Kier alpha value is -4.98. The van der Waals surface area contributed by atoms with Gasteiger partial charge in [-0.15, -0.1) is 0 Å². The van der Waals surface area contributed by atoms with Crippen LogP contribution >= 0.6 is 0 Å². The van der Waals surface area contributed by atoms with Crippen LogP contribution in [0, 0.1) is 29.1 Å². The van der Waals surface area contributed by atoms with Gasteiger partial charge in [0.05, 0.1) is 19.1 Å². The molecule has 2 aromatic rings. The zero-order chi connectivity index (χ0) is 47.7. The van der Waals surface area contributed by atoms with E-state index in [2.05, 4.69) is 5.32 Å². The SMILES string of the molecule is CC[C@H](C)[C@H]1C(=O)N2CCC[C@H]2C(=O)O[C@H](C(C)(C)C)C[C@@H](C)C[C@H](O)[C@H](C)C(=O)N2CCC(CC2)C(=O)N[C@@H](Cc2ccc(OC)cc2)C(=O)N(C)[C@@H](Cc2ccccc2)C(=O)N1C. The highest BCUT2D eigenvalue weighted by molar-refractivity contribution is 5.96. The van der Waals surface area contributed by atoms with E-state index >= 15 is 4.79 Å². The number of piperidine rings is 1. The van der Waals surface area contributed by atoms with E-state index in [0.717, 1.165) is 11.1 Å². The Balaban J connectivity index is 1.56. The van der Waals surface area contributed by atoms with Gasteiger partial charge in [-0.2, -0.15) is 0 Å². The van der Waals surface area contributed by atoms with Crippen molar-refractivity contribution in [2.45, 2.75) is 143 Å². The number of carbonyl (C=O) groups excluding carboxylic acids is 6. The minimum atomic E-state index is -1.07. The van der Waals surface area contributed by atoms with Crippen LogP contribution in [0.15, 0.2) is 54.6 Å². The van der Waals surface area contributed by atoms with Crippen molar-refractivity contribution in [3.05, 3.63) is 65.7 Å². The van der Waals surface area contributed by atoms with Crippen molar-refractivity contribution in [2.75, 3.05) is 40.8 Å². The van der Waals surface area contributed by atoms with E-state index in [1.54, 1.807) is 50.1 Å². The van der Waals surface area contributed by atoms with Crippen LogP contribution in [-0.4, -0.2) is 137 Å². The maximum absolute atomic E-state index is 15.2. The third-order valence-electron chi connectivity index (χ3n) is 14.2. The number of benzene rings is 2. The molecule has 0 saturated carbocycles. The monoisotopic (exact) mass is 902 g/mol. The van der Waals surface area contributed by atoms with E-state index in [0.29, 0.717) is 70.3 Å². The molecule has 4 heterocycles. The topological polar surface area (TPSA) is 166 Å². The van der Waals surface area contributed by atoms with Crippen molar-refractivity contribution >= 4 is 35.5 Å². The summed E-state index contributed by atoms with van der Waals surface area (Å²) >= 11 is 0. The third kappa shape index (κ3) is 12.7. The largest absolute Gasteiger partial charge is 0.497 e. The van der Waals surface area contributed by atoms with E-state index in [-0.39, 0.29) is 42.4 Å². The number of aliphatic hydroxyl groups excluding tert-OH is 1. The lowest BCUT2D eigenvalue weighted by atomic mass is 9.81. The quantitative estimate of drug-likeness (QED) is 0.278. The lowest BCUT2D eigenvalue weighted by Crippen LogP contribution is -2.60. The number of nitrogens with zero attached hydrogens (tertiary/aromatic N) is 4. The molecule has 358 valence electrons. The molecule has 2 aromatic carbocycles. The van der Waals surface area contributed by atoms with Crippen LogP contribution < -0.4 is 10.1 Å². The van der Waals surface area contributed by atoms with Gasteiger partial charge in [0.15, 0.2) is 0 Å². The second-order valence-corrected chi connectivity index (χ2v) is 20.1. The second kappa shape index (κ2) is 22.5. The third-order valence-corrected chi connectivity index (χ3v) is 14.2. The molecule has 0 spiro atoms. The Kier molecular flexibility index (Phi) is 17.6. The molecule has 4 saturated heterocycles. The summed E-state index contributed by atoms with van der Waals surface area (Å²) in [5.74, 6) is -3.27. The van der Waals surface area contributed by atoms with Gasteiger partial charge in [0, 0.05) is 52.5 Å². The fraction of sp³-hybridized carbons (Fsp3) is 0.647. The molecule has 0 aromatic heterocycles. The molecule has 9 atom stereocenters. The lowest BCUT2D eigenvalue weighted by molar-refractivity contribution is -0.166. The van der Waals surface area contributed by atoms with Gasteiger partial charge in [-0.1, -0.05) is 97.4 Å². The zero-order valence-corrected chi connectivity index (χ0v) is 40.5. The van der Waals surface area contributed by atoms with E-state index < -0.39 is 71.4 Å². The van der Waals surface area contributed by atoms with Crippen molar-refractivity contribution in [3.8, 4) is 5.75 Å². The summed E-state index contributed by atoms with van der Waals surface area (Å²) in [6, 6.07) is 12.7. The molecule has 2 N–H and O–H groups in total. The summed E-state index contributed by atoms with van der Waals surface area (Å²) in [4.78, 5) is 93.4. The van der Waals surface area contributed by atoms with Crippen LogP contribution in [0.4, 0.5) is 0 Å². The maximum Gasteiger partial charge on any atom is 0.329 e. The number of methoxy groups -OCH3 is 1. The highest BCUT2D eigenvalue weighted by Gasteiger charge is 2.45. The number of ether oxygens (including phenoxy) is 2. The predicted molar refractivity (Wildman–Crippen MR) is 248 cm³/mol. The smallest absolute Gasteiger partial charge is 0.329 e. The number of hydrogen-bond acceptors (Lipinski definition) is 9. The number of amides is 5. The Morgan fingerprint density at radius 2 is 1.43 bits per heavy atom. The Morgan fingerprint density at radius 3 is 2.03 bits per heavy atom. The van der Waals surface area contributed by atoms with Crippen LogP contribution in [0.3, 0.4) is 0 Å². The molecule has 14 heteroatoms. The van der Waals surface area contributed by atoms with Crippen LogP contribution in [0.2, 0.25) is 0 Å². The summed E-state index contributed by atoms with van der Waals surface area (Å²) in [5.41, 5.74) is 1.10. The number of fused-ring (bicyclic) bond motifs is 19. The standard InChI is InChI=1S/C51H75N5O9/c1-11-33(3)44-49(62)56-25-15-18-40(56)50(63)65-43(51(5,6)7)29-32(2)28-42(57)34(4)46(59)55-26-23-37(24-27-55)45(58)52-39(30-36-19-21-38(64-10)22-20-36)47(60)53(8)41(48(61)54(44)9)31-35-16-13-12-14-17-35/h12-14,16-17,19-22,32-34,37,39-44,57H,11,15,18,23-31H2,1-10H3,(H,52,58)/t32-,33-,34-,39-,40-,41-,42-,43-,44-/m0/s1. The van der Waals surface area contributed by atoms with E-state index in [4.69, 9.17) is 9.47 Å². The van der Waals surface area contributed by atoms with Crippen molar-refractivity contribution in [3.63, 3.8) is 0 Å². The lowest BCUT2D eigenvalue weighted by Gasteiger charge is -2.40. The number of hydrogen-bond donors (Lipinski definition) is 2. The van der Waals surface area contributed by atoms with Crippen molar-refractivity contribution in [1.29, 1.82) is 0 Å². The Morgan fingerprint density at radius 1 is 0.800 bits per heavy atom. The average molecular weight is 902 g/mol. The van der Waals surface area contributed by atoms with E-state index in [1.807, 2.05) is 84.0 Å². The molecular weight excluding hydrogens is 827 g/mol. The normalized spacial score (nSPS) is 29.2. The summed E-state index contributed by atoms with van der Waals surface area (Å²) in [6.45, 7) is 14.5. The average Bonchev–Trinajstić information content (AvgIpc) is 3.79. The highest BCUT2D eigenvalue weighted by atomic mass is 16.5. The summed E-state index contributed by atoms with van der Waals surface area (Å²) < 4.78 is 11.7.